The fraction of sp³-hybridized carbons (Fsp3) is 0.704. The molecule has 0 aliphatic heterocycles. The second kappa shape index (κ2) is 16.2. The number of benzene rings is 1. The highest BCUT2D eigenvalue weighted by atomic mass is 32.2. The largest absolute Gasteiger partial charge is 0.462 e. The molecule has 0 spiro atoms. The van der Waals surface area contributed by atoms with Crippen molar-refractivity contribution in [2.75, 3.05) is 24.7 Å². The minimum absolute atomic E-state index is 0.156. The number of aliphatic hydroxyl groups is 1. The molecule has 33 heavy (non-hydrogen) atoms. The number of hydrogen-bond acceptors (Lipinski definition) is 6. The van der Waals surface area contributed by atoms with Gasteiger partial charge in [-0.15, -0.1) is 0 Å². The molecular formula is C27H46O5S. The number of ether oxygens (including phenoxy) is 2. The Balaban J connectivity index is 0.000000843. The third kappa shape index (κ3) is 11.9. The van der Waals surface area contributed by atoms with Crippen molar-refractivity contribution in [2.45, 2.75) is 86.7 Å². The predicted molar refractivity (Wildman–Crippen MR) is 139 cm³/mol. The summed E-state index contributed by atoms with van der Waals surface area (Å²) in [5.74, 6) is 1.12. The summed E-state index contributed by atoms with van der Waals surface area (Å²) < 4.78 is 10.2. The van der Waals surface area contributed by atoms with E-state index in [2.05, 4.69) is 44.2 Å². The number of thioether (sulfide) groups is 1. The van der Waals surface area contributed by atoms with Crippen molar-refractivity contribution in [3.63, 3.8) is 0 Å². The molecule has 5 nitrogen and oxygen atoms in total. The van der Waals surface area contributed by atoms with Gasteiger partial charge in [0.25, 0.3) is 0 Å². The van der Waals surface area contributed by atoms with E-state index in [0.29, 0.717) is 12.3 Å². The minimum Gasteiger partial charge on any atom is -0.462 e. The summed E-state index contributed by atoms with van der Waals surface area (Å²) >= 11 is 1.46. The molecule has 0 saturated carbocycles. The fourth-order valence-electron chi connectivity index (χ4n) is 3.10. The molecular weight excluding hydrogens is 436 g/mol. The third-order valence-electron chi connectivity index (χ3n) is 6.10. The lowest BCUT2D eigenvalue weighted by molar-refractivity contribution is -0.167. The summed E-state index contributed by atoms with van der Waals surface area (Å²) in [6.45, 7) is 16.1. The van der Waals surface area contributed by atoms with Crippen LogP contribution in [0.2, 0.25) is 0 Å². The van der Waals surface area contributed by atoms with Crippen LogP contribution >= 0.6 is 11.8 Å². The summed E-state index contributed by atoms with van der Waals surface area (Å²) in [7, 11) is 0. The highest BCUT2D eigenvalue weighted by Crippen LogP contribution is 2.43. The Morgan fingerprint density at radius 3 is 2.06 bits per heavy atom. The Morgan fingerprint density at radius 1 is 1.00 bits per heavy atom. The van der Waals surface area contributed by atoms with Crippen molar-refractivity contribution in [1.29, 1.82) is 0 Å². The first kappa shape index (κ1) is 31.5. The topological polar surface area (TPSA) is 72.8 Å². The molecule has 190 valence electrons. The zero-order valence-electron chi connectivity index (χ0n) is 22.0. The minimum atomic E-state index is -1.000. The van der Waals surface area contributed by atoms with E-state index in [0.717, 1.165) is 12.2 Å². The van der Waals surface area contributed by atoms with E-state index < -0.39 is 11.5 Å². The molecule has 0 fully saturated rings. The van der Waals surface area contributed by atoms with E-state index in [1.165, 1.54) is 23.7 Å². The Hall–Kier alpha value is -1.53. The lowest BCUT2D eigenvalue weighted by atomic mass is 9.65. The van der Waals surface area contributed by atoms with Gasteiger partial charge in [-0.05, 0) is 42.4 Å². The smallest absolute Gasteiger partial charge is 0.315 e. The molecule has 0 aliphatic carbocycles. The van der Waals surface area contributed by atoms with Gasteiger partial charge in [0.15, 0.2) is 0 Å². The van der Waals surface area contributed by atoms with Crippen LogP contribution in [0.4, 0.5) is 0 Å². The van der Waals surface area contributed by atoms with E-state index in [-0.39, 0.29) is 36.3 Å². The van der Waals surface area contributed by atoms with Crippen molar-refractivity contribution in [1.82, 2.24) is 0 Å². The van der Waals surface area contributed by atoms with Crippen LogP contribution < -0.4 is 0 Å². The molecule has 1 N–H and O–H groups in total. The fourth-order valence-corrected chi connectivity index (χ4v) is 3.55. The Morgan fingerprint density at radius 2 is 1.58 bits per heavy atom. The Labute approximate surface area is 206 Å². The van der Waals surface area contributed by atoms with Crippen molar-refractivity contribution in [3.8, 4) is 0 Å². The Bertz CT molecular complexity index is 671. The summed E-state index contributed by atoms with van der Waals surface area (Å²) in [5, 5.41) is 9.81. The standard InChI is InChI=1S/C17H32O5S.C10H14/c1-7-9-17(6,16(3,4)5)15(20)22-11-13(18)10-21-14(19)12-23-8-2;1-3-9(2)10-7-5-4-6-8-10/h13,18H,7-12H2,1-6H3;4-9H,3H2,1-2H3. The quantitative estimate of drug-likeness (QED) is 0.356. The molecule has 3 unspecified atom stereocenters. The number of aliphatic hydroxyl groups excluding tert-OH is 1. The highest BCUT2D eigenvalue weighted by molar-refractivity contribution is 7.99. The zero-order valence-corrected chi connectivity index (χ0v) is 22.8. The van der Waals surface area contributed by atoms with Crippen LogP contribution in [0.15, 0.2) is 30.3 Å². The van der Waals surface area contributed by atoms with Gasteiger partial charge in [-0.3, -0.25) is 9.59 Å². The molecule has 1 aromatic rings. The van der Waals surface area contributed by atoms with E-state index in [9.17, 15) is 14.7 Å². The molecule has 0 amide bonds. The van der Waals surface area contributed by atoms with Crippen molar-refractivity contribution >= 4 is 23.7 Å². The highest BCUT2D eigenvalue weighted by Gasteiger charge is 2.44. The SMILES string of the molecule is CCC(C)c1ccccc1.CCCC(C)(C(=O)OCC(O)COC(=O)CSCC)C(C)(C)C. The van der Waals surface area contributed by atoms with E-state index in [1.54, 1.807) is 0 Å². The van der Waals surface area contributed by atoms with Crippen LogP contribution in [-0.4, -0.2) is 47.9 Å². The second-order valence-corrected chi connectivity index (χ2v) is 10.9. The summed E-state index contributed by atoms with van der Waals surface area (Å²) in [5.41, 5.74) is 0.593. The summed E-state index contributed by atoms with van der Waals surface area (Å²) in [6, 6.07) is 10.6. The van der Waals surface area contributed by atoms with Gasteiger partial charge in [-0.2, -0.15) is 11.8 Å². The van der Waals surface area contributed by atoms with Crippen LogP contribution in [-0.2, 0) is 19.1 Å². The lowest BCUT2D eigenvalue weighted by Crippen LogP contribution is -2.42. The molecule has 0 aromatic heterocycles. The summed E-state index contributed by atoms with van der Waals surface area (Å²) in [4.78, 5) is 23.8. The number of carbonyl (C=O) groups excluding carboxylic acids is 2. The first-order valence-electron chi connectivity index (χ1n) is 12.1. The van der Waals surface area contributed by atoms with Crippen molar-refractivity contribution < 1.29 is 24.2 Å². The van der Waals surface area contributed by atoms with Gasteiger partial charge in [0.2, 0.25) is 0 Å². The summed E-state index contributed by atoms with van der Waals surface area (Å²) in [6.07, 6.45) is 1.82. The van der Waals surface area contributed by atoms with E-state index in [1.807, 2.05) is 41.5 Å². The first-order chi connectivity index (χ1) is 15.4. The predicted octanol–water partition coefficient (Wildman–Crippen LogP) is 6.24. The number of carbonyl (C=O) groups is 2. The Kier molecular flexibility index (Phi) is 15.4. The van der Waals surface area contributed by atoms with Crippen LogP contribution in [0, 0.1) is 10.8 Å². The molecule has 1 aromatic carbocycles. The van der Waals surface area contributed by atoms with Crippen molar-refractivity contribution in [2.24, 2.45) is 10.8 Å². The molecule has 6 heteroatoms. The maximum Gasteiger partial charge on any atom is 0.315 e. The van der Waals surface area contributed by atoms with Gasteiger partial charge in [0, 0.05) is 0 Å². The van der Waals surface area contributed by atoms with Gasteiger partial charge < -0.3 is 14.6 Å². The van der Waals surface area contributed by atoms with Gasteiger partial charge in [0.05, 0.1) is 11.2 Å². The molecule has 3 atom stereocenters. The van der Waals surface area contributed by atoms with Gasteiger partial charge in [0.1, 0.15) is 19.3 Å². The number of esters is 2. The van der Waals surface area contributed by atoms with Crippen LogP contribution in [0.3, 0.4) is 0 Å². The van der Waals surface area contributed by atoms with Crippen LogP contribution in [0.1, 0.15) is 86.1 Å². The number of hydrogen-bond donors (Lipinski definition) is 1. The average molecular weight is 483 g/mol. The maximum absolute atomic E-state index is 12.4. The molecule has 0 bridgehead atoms. The zero-order chi connectivity index (χ0) is 25.5. The monoisotopic (exact) mass is 482 g/mol. The number of rotatable bonds is 12. The van der Waals surface area contributed by atoms with E-state index >= 15 is 0 Å². The molecule has 1 rings (SSSR count). The van der Waals surface area contributed by atoms with Crippen molar-refractivity contribution in [3.05, 3.63) is 35.9 Å². The average Bonchev–Trinajstić information content (AvgIpc) is 2.79. The van der Waals surface area contributed by atoms with Crippen LogP contribution in [0.5, 0.6) is 0 Å². The molecule has 0 saturated heterocycles. The van der Waals surface area contributed by atoms with Gasteiger partial charge in [-0.1, -0.05) is 85.2 Å². The van der Waals surface area contributed by atoms with Crippen LogP contribution in [0.25, 0.3) is 0 Å². The molecule has 0 aliphatic rings. The molecule has 0 heterocycles. The second-order valence-electron chi connectivity index (χ2n) is 9.62. The third-order valence-corrected chi connectivity index (χ3v) is 6.95. The lowest BCUT2D eigenvalue weighted by Gasteiger charge is -2.39. The van der Waals surface area contributed by atoms with Gasteiger partial charge in [-0.25, -0.2) is 0 Å². The van der Waals surface area contributed by atoms with Gasteiger partial charge >= 0.3 is 11.9 Å². The maximum atomic E-state index is 12.4. The van der Waals surface area contributed by atoms with E-state index in [4.69, 9.17) is 9.47 Å². The normalized spacial score (nSPS) is 14.8. The first-order valence-corrected chi connectivity index (χ1v) is 13.2. The molecule has 0 radical (unpaired) electrons.